The molecule has 3 rings (SSSR count). The van der Waals surface area contributed by atoms with E-state index in [1.807, 2.05) is 12.1 Å². The summed E-state index contributed by atoms with van der Waals surface area (Å²) in [6, 6.07) is 13.0. The summed E-state index contributed by atoms with van der Waals surface area (Å²) in [4.78, 5) is 43.0. The van der Waals surface area contributed by atoms with Crippen molar-refractivity contribution in [3.8, 4) is 5.75 Å². The molecule has 0 atom stereocenters. The first-order chi connectivity index (χ1) is 13.9. The molecule has 0 saturated heterocycles. The molecule has 0 saturated carbocycles. The maximum atomic E-state index is 12.6. The number of rotatable bonds is 6. The zero-order valence-electron chi connectivity index (χ0n) is 15.8. The number of ketones is 1. The summed E-state index contributed by atoms with van der Waals surface area (Å²) in [5.41, 5.74) is 1.06. The highest BCUT2D eigenvalue weighted by atomic mass is 35.5. The molecule has 8 heteroatoms. The summed E-state index contributed by atoms with van der Waals surface area (Å²) >= 11 is 6.10. The van der Waals surface area contributed by atoms with Gasteiger partial charge in [0.1, 0.15) is 17.3 Å². The van der Waals surface area contributed by atoms with Crippen LogP contribution in [0.4, 0.5) is 5.69 Å². The fourth-order valence-electron chi connectivity index (χ4n) is 2.67. The predicted molar refractivity (Wildman–Crippen MR) is 110 cm³/mol. The Kier molecular flexibility index (Phi) is 6.09. The van der Waals surface area contributed by atoms with Crippen molar-refractivity contribution in [3.63, 3.8) is 0 Å². The number of hydrogen-bond acceptors (Lipinski definition) is 5. The molecule has 0 aliphatic carbocycles. The number of aromatic amines is 1. The van der Waals surface area contributed by atoms with E-state index < -0.39 is 11.5 Å². The van der Waals surface area contributed by atoms with E-state index >= 15 is 0 Å². The van der Waals surface area contributed by atoms with E-state index in [0.29, 0.717) is 23.6 Å². The minimum absolute atomic E-state index is 0.0541. The molecule has 7 nitrogen and oxygen atoms in total. The van der Waals surface area contributed by atoms with Crippen molar-refractivity contribution < 1.29 is 14.3 Å². The van der Waals surface area contributed by atoms with E-state index in [2.05, 4.69) is 15.3 Å². The topological polar surface area (TPSA) is 101 Å². The Balaban J connectivity index is 1.83. The number of ether oxygens (including phenoxy) is 1. The number of nitrogens with one attached hydrogen (secondary N) is 2. The summed E-state index contributed by atoms with van der Waals surface area (Å²) in [5, 5.41) is 2.87. The maximum absolute atomic E-state index is 12.6. The van der Waals surface area contributed by atoms with Crippen LogP contribution in [0.5, 0.6) is 5.75 Å². The van der Waals surface area contributed by atoms with Crippen LogP contribution in [0.25, 0.3) is 0 Å². The van der Waals surface area contributed by atoms with E-state index in [-0.39, 0.29) is 22.2 Å². The Morgan fingerprint density at radius 2 is 1.86 bits per heavy atom. The molecule has 29 heavy (non-hydrogen) atoms. The van der Waals surface area contributed by atoms with Gasteiger partial charge in [-0.25, -0.2) is 4.98 Å². The second kappa shape index (κ2) is 8.70. The number of carbonyl (C=O) groups excluding carboxylic acids is 2. The Morgan fingerprint density at radius 3 is 2.52 bits per heavy atom. The number of carbonyl (C=O) groups is 2. The van der Waals surface area contributed by atoms with Gasteiger partial charge in [0.15, 0.2) is 5.78 Å². The quantitative estimate of drug-likeness (QED) is 0.605. The number of benzene rings is 2. The monoisotopic (exact) mass is 411 g/mol. The van der Waals surface area contributed by atoms with Crippen LogP contribution in [0.1, 0.15) is 39.2 Å². The molecular weight excluding hydrogens is 394 g/mol. The third kappa shape index (κ3) is 5.08. The average Bonchev–Trinajstić information content (AvgIpc) is 2.69. The van der Waals surface area contributed by atoms with Gasteiger partial charge in [-0.05, 0) is 42.8 Å². The van der Waals surface area contributed by atoms with Crippen molar-refractivity contribution in [2.45, 2.75) is 13.3 Å². The highest BCUT2D eigenvalue weighted by Gasteiger charge is 2.14. The number of hydrogen-bond donors (Lipinski definition) is 2. The number of anilines is 1. The predicted octanol–water partition coefficient (Wildman–Crippen LogP) is 3.48. The molecule has 0 aliphatic heterocycles. The first-order valence-corrected chi connectivity index (χ1v) is 9.08. The lowest BCUT2D eigenvalue weighted by Crippen LogP contribution is -2.20. The standard InChI is InChI=1S/C21H18ClN3O4/c1-12(26)14-5-8-16(22)17(10-14)24-21(28)18-11-20(27)25-19(23-18)9-13-3-6-15(29-2)7-4-13/h3-8,10-11H,9H2,1-2H3,(H,24,28)(H,23,25,27). The van der Waals surface area contributed by atoms with Crippen molar-refractivity contribution in [1.82, 2.24) is 9.97 Å². The van der Waals surface area contributed by atoms with Crippen LogP contribution in [0.2, 0.25) is 5.02 Å². The van der Waals surface area contributed by atoms with Gasteiger partial charge >= 0.3 is 0 Å². The summed E-state index contributed by atoms with van der Waals surface area (Å²) in [5.74, 6) is 0.298. The van der Waals surface area contributed by atoms with Gasteiger partial charge in [0.05, 0.1) is 17.8 Å². The highest BCUT2D eigenvalue weighted by molar-refractivity contribution is 6.34. The van der Waals surface area contributed by atoms with Crippen molar-refractivity contribution in [3.05, 3.63) is 86.6 Å². The van der Waals surface area contributed by atoms with Gasteiger partial charge in [0, 0.05) is 18.1 Å². The van der Waals surface area contributed by atoms with Crippen LogP contribution >= 0.6 is 11.6 Å². The van der Waals surface area contributed by atoms with Crippen LogP contribution < -0.4 is 15.6 Å². The Labute approximate surface area is 171 Å². The van der Waals surface area contributed by atoms with E-state index in [0.717, 1.165) is 11.6 Å². The van der Waals surface area contributed by atoms with Gasteiger partial charge in [-0.1, -0.05) is 23.7 Å². The van der Waals surface area contributed by atoms with Crippen LogP contribution in [0.3, 0.4) is 0 Å². The molecule has 1 aromatic heterocycles. The fraction of sp³-hybridized carbons (Fsp3) is 0.143. The van der Waals surface area contributed by atoms with Crippen LogP contribution in [-0.4, -0.2) is 28.8 Å². The Hall–Kier alpha value is -3.45. The zero-order chi connectivity index (χ0) is 21.0. The molecule has 0 spiro atoms. The van der Waals surface area contributed by atoms with Gasteiger partial charge in [-0.3, -0.25) is 14.4 Å². The van der Waals surface area contributed by atoms with Crippen molar-refractivity contribution in [2.75, 3.05) is 12.4 Å². The van der Waals surface area contributed by atoms with Gasteiger partial charge in [0.2, 0.25) is 0 Å². The van der Waals surface area contributed by atoms with Crippen LogP contribution in [0, 0.1) is 0 Å². The molecule has 3 aromatic rings. The van der Waals surface area contributed by atoms with Gasteiger partial charge in [-0.15, -0.1) is 0 Å². The first kappa shape index (κ1) is 20.3. The van der Waals surface area contributed by atoms with Crippen molar-refractivity contribution >= 4 is 29.0 Å². The number of halogens is 1. The molecule has 2 N–H and O–H groups in total. The molecule has 1 heterocycles. The highest BCUT2D eigenvalue weighted by Crippen LogP contribution is 2.24. The second-order valence-corrected chi connectivity index (χ2v) is 6.71. The number of H-pyrrole nitrogens is 1. The van der Waals surface area contributed by atoms with Gasteiger partial charge in [0.25, 0.3) is 11.5 Å². The molecule has 0 fully saturated rings. The van der Waals surface area contributed by atoms with E-state index in [1.165, 1.54) is 19.1 Å². The molecular formula is C21H18ClN3O4. The number of methoxy groups -OCH3 is 1. The van der Waals surface area contributed by atoms with Crippen LogP contribution in [-0.2, 0) is 6.42 Å². The van der Waals surface area contributed by atoms with Crippen molar-refractivity contribution in [1.29, 1.82) is 0 Å². The molecule has 1 amide bonds. The molecule has 0 radical (unpaired) electrons. The minimum atomic E-state index is -0.602. The fourth-order valence-corrected chi connectivity index (χ4v) is 2.84. The molecule has 0 unspecified atom stereocenters. The summed E-state index contributed by atoms with van der Waals surface area (Å²) in [7, 11) is 1.58. The lowest BCUT2D eigenvalue weighted by molar-refractivity contribution is 0.100. The summed E-state index contributed by atoms with van der Waals surface area (Å²) in [6.07, 6.45) is 0.334. The van der Waals surface area contributed by atoms with Gasteiger partial charge in [-0.2, -0.15) is 0 Å². The molecule has 0 aliphatic rings. The Bertz CT molecular complexity index is 1120. The van der Waals surface area contributed by atoms with E-state index in [4.69, 9.17) is 16.3 Å². The third-order valence-corrected chi connectivity index (χ3v) is 4.50. The van der Waals surface area contributed by atoms with Crippen molar-refractivity contribution in [2.24, 2.45) is 0 Å². The third-order valence-electron chi connectivity index (χ3n) is 4.18. The van der Waals surface area contributed by atoms with E-state index in [1.54, 1.807) is 25.3 Å². The van der Waals surface area contributed by atoms with Crippen LogP contribution in [0.15, 0.2) is 53.3 Å². The summed E-state index contributed by atoms with van der Waals surface area (Å²) < 4.78 is 5.12. The number of amides is 1. The van der Waals surface area contributed by atoms with Gasteiger partial charge < -0.3 is 15.0 Å². The minimum Gasteiger partial charge on any atom is -0.497 e. The summed E-state index contributed by atoms with van der Waals surface area (Å²) in [6.45, 7) is 1.42. The average molecular weight is 412 g/mol. The SMILES string of the molecule is COc1ccc(Cc2nc(C(=O)Nc3cc(C(C)=O)ccc3Cl)cc(=O)[nH]2)cc1. The second-order valence-electron chi connectivity index (χ2n) is 6.31. The lowest BCUT2D eigenvalue weighted by atomic mass is 10.1. The number of nitrogens with zero attached hydrogens (tertiary/aromatic N) is 1. The smallest absolute Gasteiger partial charge is 0.274 e. The largest absolute Gasteiger partial charge is 0.497 e. The number of Topliss-reactive ketones (excluding diaryl/α,β-unsaturated/α-hetero) is 1. The van der Waals surface area contributed by atoms with E-state index in [9.17, 15) is 14.4 Å². The normalized spacial score (nSPS) is 10.4. The zero-order valence-corrected chi connectivity index (χ0v) is 16.5. The molecule has 0 bridgehead atoms. The maximum Gasteiger partial charge on any atom is 0.274 e. The first-order valence-electron chi connectivity index (χ1n) is 8.70. The molecule has 148 valence electrons. The lowest BCUT2D eigenvalue weighted by Gasteiger charge is -2.09. The molecule has 2 aromatic carbocycles. The number of aromatic nitrogens is 2. The Morgan fingerprint density at radius 1 is 1.14 bits per heavy atom.